The van der Waals surface area contributed by atoms with Crippen molar-refractivity contribution < 1.29 is 0 Å². The normalized spacial score (nSPS) is 40.7. The fourth-order valence-electron chi connectivity index (χ4n) is 1.93. The van der Waals surface area contributed by atoms with Crippen LogP contribution in [0.5, 0.6) is 0 Å². The van der Waals surface area contributed by atoms with Gasteiger partial charge in [-0.05, 0) is 30.1 Å². The van der Waals surface area contributed by atoms with Gasteiger partial charge in [-0.15, -0.1) is 0 Å². The predicted molar refractivity (Wildman–Crippen MR) is 48.6 cm³/mol. The van der Waals surface area contributed by atoms with Crippen molar-refractivity contribution in [3.8, 4) is 0 Å². The minimum atomic E-state index is -0.170. The van der Waals surface area contributed by atoms with Crippen molar-refractivity contribution in [3.63, 3.8) is 0 Å². The van der Waals surface area contributed by atoms with Crippen LogP contribution in [0.2, 0.25) is 0 Å². The fraction of sp³-hybridized carbons (Fsp3) is 1.00. The highest BCUT2D eigenvalue weighted by Crippen LogP contribution is 2.65. The van der Waals surface area contributed by atoms with Crippen LogP contribution in [-0.4, -0.2) is 22.6 Å². The molecule has 1 atom stereocenters. The molecular weight excluding hydrogens is 142 g/mol. The maximum absolute atomic E-state index is 6.11. The van der Waals surface area contributed by atoms with Crippen molar-refractivity contribution in [2.24, 2.45) is 5.73 Å². The Balaban J connectivity index is 2.02. The molecule has 0 bridgehead atoms. The highest BCUT2D eigenvalue weighted by molar-refractivity contribution is 8.39. The second kappa shape index (κ2) is 2.42. The lowest BCUT2D eigenvalue weighted by atomic mass is 10.2. The van der Waals surface area contributed by atoms with Gasteiger partial charge in [-0.1, -0.05) is 12.8 Å². The van der Waals surface area contributed by atoms with Crippen molar-refractivity contribution >= 4 is 10.0 Å². The third-order valence-electron chi connectivity index (χ3n) is 2.91. The molecule has 2 saturated heterocycles. The fourth-order valence-corrected chi connectivity index (χ4v) is 5.55. The van der Waals surface area contributed by atoms with Gasteiger partial charge in [0, 0.05) is 5.37 Å². The first kappa shape index (κ1) is 6.99. The van der Waals surface area contributed by atoms with Crippen LogP contribution in [0.1, 0.15) is 25.7 Å². The van der Waals surface area contributed by atoms with Crippen molar-refractivity contribution in [1.82, 2.24) is 0 Å². The summed E-state index contributed by atoms with van der Waals surface area (Å²) in [6.45, 7) is 0. The summed E-state index contributed by atoms with van der Waals surface area (Å²) in [4.78, 5) is 0. The summed E-state index contributed by atoms with van der Waals surface area (Å²) in [7, 11) is -0.170. The van der Waals surface area contributed by atoms with Gasteiger partial charge in [0.25, 0.3) is 0 Å². The molecule has 1 spiro atoms. The van der Waals surface area contributed by atoms with Crippen molar-refractivity contribution in [2.75, 3.05) is 17.3 Å². The van der Waals surface area contributed by atoms with Gasteiger partial charge in [0.05, 0.1) is 0 Å². The Hall–Kier alpha value is 0.310. The molecule has 2 fully saturated rings. The maximum Gasteiger partial charge on any atom is 0.0352 e. The molecule has 0 aromatic heterocycles. The summed E-state index contributed by atoms with van der Waals surface area (Å²) >= 11 is 0. The molecule has 2 rings (SSSR count). The van der Waals surface area contributed by atoms with Gasteiger partial charge in [-0.3, -0.25) is 0 Å². The standard InChI is InChI=1S/C8H17NS/c9-8-4-2-1-3-5-10(8)6-7-10/h8H,1-7,9H2. The molecule has 2 aliphatic rings. The van der Waals surface area contributed by atoms with E-state index < -0.39 is 0 Å². The van der Waals surface area contributed by atoms with E-state index in [9.17, 15) is 0 Å². The number of rotatable bonds is 0. The molecule has 0 saturated carbocycles. The largest absolute Gasteiger partial charge is 0.321 e. The molecule has 2 aliphatic heterocycles. The molecule has 10 heavy (non-hydrogen) atoms. The summed E-state index contributed by atoms with van der Waals surface area (Å²) in [6, 6.07) is 0. The zero-order valence-corrected chi connectivity index (χ0v) is 7.33. The van der Waals surface area contributed by atoms with Crippen LogP contribution in [0.15, 0.2) is 0 Å². The van der Waals surface area contributed by atoms with Gasteiger partial charge in [-0.2, -0.15) is 0 Å². The van der Waals surface area contributed by atoms with E-state index in [-0.39, 0.29) is 10.0 Å². The highest BCUT2D eigenvalue weighted by Gasteiger charge is 2.41. The minimum absolute atomic E-state index is 0.170. The van der Waals surface area contributed by atoms with Gasteiger partial charge >= 0.3 is 0 Å². The first-order chi connectivity index (χ1) is 4.83. The molecule has 0 radical (unpaired) electrons. The molecule has 0 aromatic carbocycles. The monoisotopic (exact) mass is 159 g/mol. The molecule has 2 heterocycles. The van der Waals surface area contributed by atoms with Crippen molar-refractivity contribution in [3.05, 3.63) is 0 Å². The molecule has 0 amide bonds. The lowest BCUT2D eigenvalue weighted by Crippen LogP contribution is -2.21. The second-order valence-corrected chi connectivity index (χ2v) is 7.67. The second-order valence-electron chi connectivity index (χ2n) is 3.61. The lowest BCUT2D eigenvalue weighted by molar-refractivity contribution is 0.676. The first-order valence-electron chi connectivity index (χ1n) is 4.34. The minimum Gasteiger partial charge on any atom is -0.321 e. The summed E-state index contributed by atoms with van der Waals surface area (Å²) in [5.74, 6) is 4.52. The van der Waals surface area contributed by atoms with E-state index >= 15 is 0 Å². The Kier molecular flexibility index (Phi) is 1.69. The van der Waals surface area contributed by atoms with Crippen LogP contribution < -0.4 is 5.73 Å². The molecule has 1 unspecified atom stereocenters. The maximum atomic E-state index is 6.11. The Morgan fingerprint density at radius 1 is 1.00 bits per heavy atom. The Morgan fingerprint density at radius 2 is 1.80 bits per heavy atom. The summed E-state index contributed by atoms with van der Waals surface area (Å²) in [6.07, 6.45) is 5.65. The molecule has 2 N–H and O–H groups in total. The summed E-state index contributed by atoms with van der Waals surface area (Å²) in [5.41, 5.74) is 6.11. The van der Waals surface area contributed by atoms with E-state index in [0.29, 0.717) is 5.37 Å². The molecular formula is C8H17NS. The Morgan fingerprint density at radius 3 is 2.50 bits per heavy atom. The smallest absolute Gasteiger partial charge is 0.0352 e. The van der Waals surface area contributed by atoms with Crippen LogP contribution in [-0.2, 0) is 0 Å². The Bertz CT molecular complexity index is 131. The Labute approximate surface area is 64.7 Å². The lowest BCUT2D eigenvalue weighted by Gasteiger charge is -2.25. The quantitative estimate of drug-likeness (QED) is 0.535. The first-order valence-corrected chi connectivity index (χ1v) is 6.55. The number of hydrogen-bond acceptors (Lipinski definition) is 1. The topological polar surface area (TPSA) is 26.0 Å². The summed E-state index contributed by atoms with van der Waals surface area (Å²) in [5, 5.41) is 0.634. The SMILES string of the molecule is NC1CCCCCS12CC2. The average Bonchev–Trinajstić information content (AvgIpc) is 2.69. The third-order valence-corrected chi connectivity index (χ3v) is 6.99. The summed E-state index contributed by atoms with van der Waals surface area (Å²) < 4.78 is 0. The molecule has 0 aromatic rings. The number of hydrogen-bond donors (Lipinski definition) is 1. The third kappa shape index (κ3) is 1.08. The zero-order valence-electron chi connectivity index (χ0n) is 6.51. The van der Waals surface area contributed by atoms with Gasteiger partial charge in [0.2, 0.25) is 0 Å². The highest BCUT2D eigenvalue weighted by atomic mass is 32.3. The van der Waals surface area contributed by atoms with Gasteiger partial charge in [0.1, 0.15) is 0 Å². The molecule has 1 nitrogen and oxygen atoms in total. The van der Waals surface area contributed by atoms with E-state index in [1.54, 1.807) is 0 Å². The zero-order chi connectivity index (χ0) is 7.03. The van der Waals surface area contributed by atoms with Gasteiger partial charge in [-0.25, -0.2) is 10.0 Å². The van der Waals surface area contributed by atoms with Gasteiger partial charge in [0.15, 0.2) is 0 Å². The van der Waals surface area contributed by atoms with E-state index in [1.165, 1.54) is 42.9 Å². The predicted octanol–water partition coefficient (Wildman–Crippen LogP) is 1.66. The van der Waals surface area contributed by atoms with Gasteiger partial charge < -0.3 is 5.73 Å². The number of nitrogens with two attached hydrogens (primary N) is 1. The van der Waals surface area contributed by atoms with Crippen molar-refractivity contribution in [1.29, 1.82) is 0 Å². The molecule has 2 heteroatoms. The van der Waals surface area contributed by atoms with Crippen LogP contribution >= 0.6 is 10.0 Å². The van der Waals surface area contributed by atoms with Crippen LogP contribution in [0.3, 0.4) is 0 Å². The average molecular weight is 159 g/mol. The van der Waals surface area contributed by atoms with E-state index in [0.717, 1.165) is 0 Å². The van der Waals surface area contributed by atoms with Crippen molar-refractivity contribution in [2.45, 2.75) is 31.1 Å². The van der Waals surface area contributed by atoms with Crippen LogP contribution in [0.25, 0.3) is 0 Å². The van der Waals surface area contributed by atoms with E-state index in [2.05, 4.69) is 0 Å². The van der Waals surface area contributed by atoms with Crippen LogP contribution in [0.4, 0.5) is 0 Å². The van der Waals surface area contributed by atoms with E-state index in [1.807, 2.05) is 0 Å². The van der Waals surface area contributed by atoms with Crippen LogP contribution in [0, 0.1) is 0 Å². The molecule has 60 valence electrons. The molecule has 0 aliphatic carbocycles. The van der Waals surface area contributed by atoms with E-state index in [4.69, 9.17) is 5.73 Å².